The molecule has 1 aliphatic heterocycles. The summed E-state index contributed by atoms with van der Waals surface area (Å²) < 4.78 is 26.8. The summed E-state index contributed by atoms with van der Waals surface area (Å²) >= 11 is 0. The van der Waals surface area contributed by atoms with Crippen molar-refractivity contribution in [2.75, 3.05) is 37.6 Å². The highest BCUT2D eigenvalue weighted by atomic mass is 33.2. The first-order valence-electron chi connectivity index (χ1n) is 18.9. The molecule has 3 saturated carbocycles. The first-order valence-corrected chi connectivity index (χ1v) is 23.9. The molecule has 0 radical (unpaired) electrons. The average Bonchev–Trinajstić information content (AvgIpc) is 4.00. The Balaban J connectivity index is 1.39. The smallest absolute Gasteiger partial charge is 0.315 e. The van der Waals surface area contributed by atoms with E-state index in [1.54, 1.807) is 23.7 Å². The largest absolute Gasteiger partial charge is 0.346 e. The van der Waals surface area contributed by atoms with Crippen molar-refractivity contribution in [3.8, 4) is 0 Å². The number of benzene rings is 1. The van der Waals surface area contributed by atoms with Crippen LogP contribution >= 0.6 is 9.06 Å². The predicted molar refractivity (Wildman–Crippen MR) is 209 cm³/mol. The van der Waals surface area contributed by atoms with Crippen molar-refractivity contribution in [1.82, 2.24) is 26.2 Å². The molecule has 5 rings (SSSR count). The van der Waals surface area contributed by atoms with Gasteiger partial charge in [-0.2, -0.15) is 0 Å². The maximum atomic E-state index is 14.7. The van der Waals surface area contributed by atoms with Gasteiger partial charge in [-0.25, -0.2) is 13.2 Å². The number of nitrogens with one attached hydrogen (secondary N) is 4. The summed E-state index contributed by atoms with van der Waals surface area (Å²) in [7, 11) is -5.46. The Morgan fingerprint density at radius 1 is 0.981 bits per heavy atom. The zero-order valence-electron chi connectivity index (χ0n) is 32.1. The third kappa shape index (κ3) is 9.47. The first-order chi connectivity index (χ1) is 24.8. The minimum absolute atomic E-state index is 0.00405. The Hall–Kier alpha value is -3.39. The number of Topliss-reactive ketones (excluding diaryl/α,β-unsaturated/α-hetero) is 1. The maximum absolute atomic E-state index is 14.7. The average molecular weight is 774 g/mol. The summed E-state index contributed by atoms with van der Waals surface area (Å²) in [6.07, 6.45) is 12.4. The highest BCUT2D eigenvalue weighted by molar-refractivity contribution is 8.89. The Bertz CT molecular complexity index is 1680. The van der Waals surface area contributed by atoms with Crippen LogP contribution in [0.15, 0.2) is 43.0 Å². The zero-order valence-corrected chi connectivity index (χ0v) is 33.7. The van der Waals surface area contributed by atoms with Gasteiger partial charge in [0.15, 0.2) is 8.87 Å². The highest BCUT2D eigenvalue weighted by Crippen LogP contribution is 2.61. The molecule has 0 aromatic heterocycles. The van der Waals surface area contributed by atoms with Crippen LogP contribution in [0.5, 0.6) is 0 Å². The van der Waals surface area contributed by atoms with Crippen LogP contribution in [0.25, 0.3) is 0 Å². The predicted octanol–water partition coefficient (Wildman–Crippen LogP) is 3.82. The molecule has 1 heterocycles. The minimum atomic E-state index is -3.50. The molecule has 4 N–H and O–H groups in total. The van der Waals surface area contributed by atoms with E-state index in [0.717, 1.165) is 37.7 Å². The molecule has 14 heteroatoms. The van der Waals surface area contributed by atoms with Crippen LogP contribution in [-0.2, 0) is 28.0 Å². The van der Waals surface area contributed by atoms with E-state index in [-0.39, 0.29) is 42.5 Å². The molecule has 53 heavy (non-hydrogen) atoms. The van der Waals surface area contributed by atoms with Crippen molar-refractivity contribution in [1.29, 1.82) is 0 Å². The summed E-state index contributed by atoms with van der Waals surface area (Å²) in [6, 6.07) is 6.21. The van der Waals surface area contributed by atoms with Crippen LogP contribution < -0.4 is 21.3 Å². The third-order valence-corrected chi connectivity index (χ3v) is 18.7. The second-order valence-corrected chi connectivity index (χ2v) is 26.8. The van der Waals surface area contributed by atoms with Crippen molar-refractivity contribution in [3.63, 3.8) is 0 Å². The minimum Gasteiger partial charge on any atom is -0.346 e. The Morgan fingerprint density at radius 2 is 1.62 bits per heavy atom. The second kappa shape index (κ2) is 15.8. The molecule has 0 spiro atoms. The Labute approximate surface area is 316 Å². The molecule has 6 atom stereocenters. The normalized spacial score (nSPS) is 25.2. The van der Waals surface area contributed by atoms with Gasteiger partial charge >= 0.3 is 6.03 Å². The topological polar surface area (TPSA) is 171 Å². The summed E-state index contributed by atoms with van der Waals surface area (Å²) in [5, 5.41) is 11.4. The van der Waals surface area contributed by atoms with E-state index in [1.807, 2.05) is 51.1 Å². The number of nitrogens with zero attached hydrogens (tertiary/aromatic N) is 1. The van der Waals surface area contributed by atoms with Gasteiger partial charge in [-0.1, -0.05) is 89.3 Å². The Kier molecular flexibility index (Phi) is 12.1. The molecule has 12 nitrogen and oxygen atoms in total. The fourth-order valence-electron chi connectivity index (χ4n) is 8.16. The molecular formula is C39H59N5O7S2. The Morgan fingerprint density at radius 3 is 2.19 bits per heavy atom. The fraction of sp³-hybridized carbons (Fsp3) is 0.667. The lowest BCUT2D eigenvalue weighted by molar-refractivity contribution is -0.144. The van der Waals surface area contributed by atoms with E-state index >= 15 is 0 Å². The van der Waals surface area contributed by atoms with Gasteiger partial charge in [-0.15, -0.1) is 15.6 Å². The number of hydrogen-bond donors (Lipinski definition) is 4. The number of carbonyl (C=O) groups excluding carboxylic acids is 5. The molecule has 4 aliphatic rings. The SMILES string of the molecule is C=CCNC(=O)C(=O)C(CC1CC1)NC(=O)[C@@H]1[C@@H]2[C@H](CN1C(=O)[C@@H](NC(=O)NC1(CS(=O)(=O)S(C)(C)C)CCCCC1)C(C)(C)C)[C@@H]2c1ccccc1. The number of piperidine rings is 1. The number of fused-ring (bicyclic) bond motifs is 1. The van der Waals surface area contributed by atoms with Crippen LogP contribution in [0.2, 0.25) is 0 Å². The third-order valence-electron chi connectivity index (χ3n) is 11.4. The van der Waals surface area contributed by atoms with E-state index in [4.69, 9.17) is 0 Å². The standard InChI is InChI=1S/C39H59N5O7S2/c1-8-21-40-35(47)32(45)28(22-25-17-18-25)41-34(46)31-30-27(29(30)26-15-11-9-12-16-26)23-44(31)36(48)33(38(2,3)4)42-37(49)43-39(19-13-10-14-20-39)24-53(50,51)52(5,6)7/h8-9,11-12,15-16,25,27-31,33H,1,10,13-14,17-24H2,2-7H3,(H,40,47)(H,41,46)(H2,42,43,49)/t27-,28?,29+,30-,31+,33-/m1/s1. The molecule has 1 saturated heterocycles. The van der Waals surface area contributed by atoms with Gasteiger partial charge in [0.05, 0.1) is 17.3 Å². The highest BCUT2D eigenvalue weighted by Gasteiger charge is 2.65. The van der Waals surface area contributed by atoms with Crippen molar-refractivity contribution < 1.29 is 32.4 Å². The molecule has 294 valence electrons. The first kappa shape index (κ1) is 40.8. The van der Waals surface area contributed by atoms with Gasteiger partial charge in [0.1, 0.15) is 12.1 Å². The summed E-state index contributed by atoms with van der Waals surface area (Å²) in [4.78, 5) is 70.5. The molecule has 5 amide bonds. The van der Waals surface area contributed by atoms with Gasteiger partial charge in [-0.05, 0) is 66.8 Å². The van der Waals surface area contributed by atoms with Crippen molar-refractivity contribution in [2.45, 2.75) is 102 Å². The van der Waals surface area contributed by atoms with Gasteiger partial charge in [0.2, 0.25) is 17.6 Å². The number of amides is 5. The van der Waals surface area contributed by atoms with Gasteiger partial charge in [0, 0.05) is 19.0 Å². The van der Waals surface area contributed by atoms with E-state index < -0.39 is 76.5 Å². The van der Waals surface area contributed by atoms with Gasteiger partial charge in [-0.3, -0.25) is 19.2 Å². The molecule has 4 fully saturated rings. The molecule has 3 aliphatic carbocycles. The quantitative estimate of drug-likeness (QED) is 0.119. The number of likely N-dealkylation sites (tertiary alicyclic amines) is 1. The van der Waals surface area contributed by atoms with Crippen molar-refractivity contribution in [2.24, 2.45) is 23.2 Å². The van der Waals surface area contributed by atoms with E-state index in [9.17, 15) is 32.4 Å². The van der Waals surface area contributed by atoms with Crippen LogP contribution in [0.1, 0.15) is 83.6 Å². The number of hydrogen-bond acceptors (Lipinski definition) is 7. The van der Waals surface area contributed by atoms with E-state index in [0.29, 0.717) is 19.3 Å². The monoisotopic (exact) mass is 773 g/mol. The number of ketones is 1. The molecular weight excluding hydrogens is 715 g/mol. The van der Waals surface area contributed by atoms with Gasteiger partial charge in [0.25, 0.3) is 5.91 Å². The summed E-state index contributed by atoms with van der Waals surface area (Å²) in [6.45, 7) is 9.50. The van der Waals surface area contributed by atoms with Crippen LogP contribution in [0.4, 0.5) is 4.79 Å². The van der Waals surface area contributed by atoms with Crippen molar-refractivity contribution >= 4 is 47.5 Å². The van der Waals surface area contributed by atoms with Crippen molar-refractivity contribution in [3.05, 3.63) is 48.6 Å². The lowest BCUT2D eigenvalue weighted by atomic mass is 9.83. The van der Waals surface area contributed by atoms with Crippen LogP contribution in [-0.4, -0.2) is 104 Å². The molecule has 1 unspecified atom stereocenters. The lowest BCUT2D eigenvalue weighted by Gasteiger charge is -2.42. The maximum Gasteiger partial charge on any atom is 0.315 e. The second-order valence-electron chi connectivity index (χ2n) is 17.4. The number of carbonyl (C=O) groups is 5. The molecule has 1 aromatic rings. The van der Waals surface area contributed by atoms with Gasteiger partial charge < -0.3 is 26.2 Å². The molecule has 0 bridgehead atoms. The van der Waals surface area contributed by atoms with E-state index in [1.165, 1.54) is 6.08 Å². The summed E-state index contributed by atoms with van der Waals surface area (Å²) in [5.41, 5.74) is -0.665. The van der Waals surface area contributed by atoms with Crippen LogP contribution in [0.3, 0.4) is 0 Å². The summed E-state index contributed by atoms with van der Waals surface area (Å²) in [5.74, 6) is -2.56. The lowest BCUT2D eigenvalue weighted by Crippen LogP contribution is -2.63. The zero-order chi connectivity index (χ0) is 38.9. The molecule has 1 aromatic carbocycles. The van der Waals surface area contributed by atoms with Crippen LogP contribution in [0, 0.1) is 23.2 Å². The van der Waals surface area contributed by atoms with E-state index in [2.05, 4.69) is 27.8 Å². The number of rotatable bonds is 15. The number of urea groups is 1. The fourth-order valence-corrected chi connectivity index (χ4v) is 11.3.